The predicted octanol–water partition coefficient (Wildman–Crippen LogP) is 1.68. The fourth-order valence-electron chi connectivity index (χ4n) is 1.75. The highest BCUT2D eigenvalue weighted by molar-refractivity contribution is 5.33. The highest BCUT2D eigenvalue weighted by atomic mass is 15.4. The minimum absolute atomic E-state index is 0.447. The fraction of sp³-hybridized carbons (Fsp3) is 0.333. The molecule has 0 aliphatic heterocycles. The van der Waals surface area contributed by atoms with Crippen LogP contribution >= 0.6 is 0 Å². The number of hydrogen-bond donors (Lipinski definition) is 1. The fourth-order valence-corrected chi connectivity index (χ4v) is 1.75. The molecular formula is C12H16N4. The van der Waals surface area contributed by atoms with Crippen LogP contribution < -0.4 is 5.73 Å². The summed E-state index contributed by atoms with van der Waals surface area (Å²) in [5, 5.41) is 8.28. The summed E-state index contributed by atoms with van der Waals surface area (Å²) in [4.78, 5) is 0. The minimum Gasteiger partial charge on any atom is -0.325 e. The van der Waals surface area contributed by atoms with Crippen LogP contribution in [-0.4, -0.2) is 15.0 Å². The molecule has 2 aromatic rings. The summed E-state index contributed by atoms with van der Waals surface area (Å²) in [6.45, 7) is 2.59. The van der Waals surface area contributed by atoms with E-state index in [1.54, 1.807) is 0 Å². The quantitative estimate of drug-likeness (QED) is 0.846. The Labute approximate surface area is 95.1 Å². The van der Waals surface area contributed by atoms with Gasteiger partial charge in [0.1, 0.15) is 0 Å². The van der Waals surface area contributed by atoms with Crippen molar-refractivity contribution in [1.29, 1.82) is 0 Å². The van der Waals surface area contributed by atoms with Gasteiger partial charge >= 0.3 is 0 Å². The van der Waals surface area contributed by atoms with E-state index in [0.29, 0.717) is 6.54 Å². The largest absolute Gasteiger partial charge is 0.325 e. The van der Waals surface area contributed by atoms with E-state index >= 15 is 0 Å². The van der Waals surface area contributed by atoms with Gasteiger partial charge in [-0.05, 0) is 18.6 Å². The third-order valence-corrected chi connectivity index (χ3v) is 2.52. The molecule has 0 saturated carbocycles. The zero-order valence-corrected chi connectivity index (χ0v) is 9.43. The topological polar surface area (TPSA) is 56.7 Å². The van der Waals surface area contributed by atoms with Gasteiger partial charge in [0.15, 0.2) is 0 Å². The van der Waals surface area contributed by atoms with Crippen molar-refractivity contribution in [2.45, 2.75) is 26.3 Å². The van der Waals surface area contributed by atoms with Gasteiger partial charge in [-0.3, -0.25) is 0 Å². The molecule has 0 saturated heterocycles. The van der Waals surface area contributed by atoms with Crippen LogP contribution in [0, 0.1) is 0 Å². The average molecular weight is 216 g/mol. The zero-order chi connectivity index (χ0) is 11.4. The Morgan fingerprint density at radius 2 is 2.00 bits per heavy atom. The number of para-hydroxylation sites is 1. The highest BCUT2D eigenvalue weighted by Crippen LogP contribution is 2.14. The summed E-state index contributed by atoms with van der Waals surface area (Å²) in [6.07, 6.45) is 2.02. The summed E-state index contributed by atoms with van der Waals surface area (Å²) < 4.78 is 1.88. The van der Waals surface area contributed by atoms with Crippen molar-refractivity contribution < 1.29 is 0 Å². The maximum Gasteiger partial charge on any atom is 0.0999 e. The van der Waals surface area contributed by atoms with Crippen molar-refractivity contribution in [2.75, 3.05) is 0 Å². The summed E-state index contributed by atoms with van der Waals surface area (Å²) in [6, 6.07) is 10.0. The lowest BCUT2D eigenvalue weighted by Crippen LogP contribution is -2.05. The van der Waals surface area contributed by atoms with E-state index in [9.17, 15) is 0 Å². The SMILES string of the molecule is CCCc1c(CN)nnn1-c1ccccc1. The van der Waals surface area contributed by atoms with Crippen molar-refractivity contribution in [3.63, 3.8) is 0 Å². The number of aromatic nitrogens is 3. The van der Waals surface area contributed by atoms with Crippen LogP contribution in [0.4, 0.5) is 0 Å². The number of hydrogen-bond acceptors (Lipinski definition) is 3. The third-order valence-electron chi connectivity index (χ3n) is 2.52. The van der Waals surface area contributed by atoms with Gasteiger partial charge in [-0.25, -0.2) is 4.68 Å². The van der Waals surface area contributed by atoms with Gasteiger partial charge in [-0.2, -0.15) is 0 Å². The zero-order valence-electron chi connectivity index (χ0n) is 9.43. The minimum atomic E-state index is 0.447. The van der Waals surface area contributed by atoms with Crippen molar-refractivity contribution in [1.82, 2.24) is 15.0 Å². The number of nitrogens with zero attached hydrogens (tertiary/aromatic N) is 3. The Kier molecular flexibility index (Phi) is 3.31. The van der Waals surface area contributed by atoms with E-state index in [0.717, 1.165) is 29.9 Å². The van der Waals surface area contributed by atoms with Gasteiger partial charge in [-0.1, -0.05) is 36.8 Å². The Balaban J connectivity index is 2.44. The van der Waals surface area contributed by atoms with E-state index in [1.165, 1.54) is 0 Å². The monoisotopic (exact) mass is 216 g/mol. The van der Waals surface area contributed by atoms with E-state index < -0.39 is 0 Å². The molecule has 0 unspecified atom stereocenters. The first-order valence-electron chi connectivity index (χ1n) is 5.55. The maximum absolute atomic E-state index is 5.66. The lowest BCUT2D eigenvalue weighted by Gasteiger charge is -2.05. The molecule has 84 valence electrons. The van der Waals surface area contributed by atoms with Gasteiger partial charge in [0.05, 0.1) is 17.1 Å². The van der Waals surface area contributed by atoms with Crippen molar-refractivity contribution in [2.24, 2.45) is 5.73 Å². The summed E-state index contributed by atoms with van der Waals surface area (Å²) in [7, 11) is 0. The Bertz CT molecular complexity index is 447. The molecule has 0 aliphatic rings. The molecule has 2 rings (SSSR count). The number of rotatable bonds is 4. The average Bonchev–Trinajstić information content (AvgIpc) is 2.74. The first-order chi connectivity index (χ1) is 7.86. The summed E-state index contributed by atoms with van der Waals surface area (Å²) >= 11 is 0. The molecule has 0 aliphatic carbocycles. The standard InChI is InChI=1S/C12H16N4/c1-2-6-12-11(9-13)14-15-16(12)10-7-4-3-5-8-10/h3-5,7-8H,2,6,9,13H2,1H3. The Hall–Kier alpha value is -1.68. The molecule has 1 aromatic heterocycles. The lowest BCUT2D eigenvalue weighted by atomic mass is 10.2. The third kappa shape index (κ3) is 1.97. The molecule has 2 N–H and O–H groups in total. The van der Waals surface area contributed by atoms with Crippen molar-refractivity contribution in [3.05, 3.63) is 41.7 Å². The van der Waals surface area contributed by atoms with E-state index in [-0.39, 0.29) is 0 Å². The van der Waals surface area contributed by atoms with Crippen LogP contribution in [0.1, 0.15) is 24.7 Å². The van der Waals surface area contributed by atoms with Crippen LogP contribution in [-0.2, 0) is 13.0 Å². The Morgan fingerprint density at radius 3 is 2.62 bits per heavy atom. The van der Waals surface area contributed by atoms with Gasteiger partial charge in [0, 0.05) is 6.54 Å². The molecule has 1 aromatic carbocycles. The second-order valence-electron chi connectivity index (χ2n) is 3.68. The van der Waals surface area contributed by atoms with Crippen LogP contribution in [0.15, 0.2) is 30.3 Å². The van der Waals surface area contributed by atoms with E-state index in [1.807, 2.05) is 35.0 Å². The summed E-state index contributed by atoms with van der Waals surface area (Å²) in [5.74, 6) is 0. The maximum atomic E-state index is 5.66. The van der Waals surface area contributed by atoms with E-state index in [2.05, 4.69) is 17.2 Å². The van der Waals surface area contributed by atoms with E-state index in [4.69, 9.17) is 5.73 Å². The van der Waals surface area contributed by atoms with Gasteiger partial charge < -0.3 is 5.73 Å². The lowest BCUT2D eigenvalue weighted by molar-refractivity contribution is 0.745. The van der Waals surface area contributed by atoms with Crippen molar-refractivity contribution in [3.8, 4) is 5.69 Å². The first kappa shape index (κ1) is 10.8. The molecule has 4 heteroatoms. The second-order valence-corrected chi connectivity index (χ2v) is 3.68. The second kappa shape index (κ2) is 4.90. The molecule has 1 heterocycles. The van der Waals surface area contributed by atoms with Crippen LogP contribution in [0.25, 0.3) is 5.69 Å². The number of nitrogens with two attached hydrogens (primary N) is 1. The molecule has 4 nitrogen and oxygen atoms in total. The van der Waals surface area contributed by atoms with Crippen molar-refractivity contribution >= 4 is 0 Å². The van der Waals surface area contributed by atoms with Gasteiger partial charge in [0.25, 0.3) is 0 Å². The number of benzene rings is 1. The molecule has 0 radical (unpaired) electrons. The van der Waals surface area contributed by atoms with Gasteiger partial charge in [0.2, 0.25) is 0 Å². The molecule has 16 heavy (non-hydrogen) atoms. The summed E-state index contributed by atoms with van der Waals surface area (Å²) in [5.41, 5.74) is 8.71. The smallest absolute Gasteiger partial charge is 0.0999 e. The molecular weight excluding hydrogens is 200 g/mol. The van der Waals surface area contributed by atoms with Crippen LogP contribution in [0.5, 0.6) is 0 Å². The molecule has 0 atom stereocenters. The first-order valence-corrected chi connectivity index (χ1v) is 5.55. The van der Waals surface area contributed by atoms with Gasteiger partial charge in [-0.15, -0.1) is 5.10 Å². The highest BCUT2D eigenvalue weighted by Gasteiger charge is 2.11. The molecule has 0 bridgehead atoms. The molecule has 0 spiro atoms. The normalized spacial score (nSPS) is 10.6. The van der Waals surface area contributed by atoms with Crippen LogP contribution in [0.2, 0.25) is 0 Å². The Morgan fingerprint density at radius 1 is 1.25 bits per heavy atom. The molecule has 0 amide bonds. The van der Waals surface area contributed by atoms with Crippen LogP contribution in [0.3, 0.4) is 0 Å². The molecule has 0 fully saturated rings. The predicted molar refractivity (Wildman–Crippen MR) is 63.2 cm³/mol.